The van der Waals surface area contributed by atoms with E-state index in [-0.39, 0.29) is 5.91 Å². The van der Waals surface area contributed by atoms with Crippen LogP contribution in [0.5, 0.6) is 0 Å². The monoisotopic (exact) mass is 395 g/mol. The van der Waals surface area contributed by atoms with Crippen LogP contribution < -0.4 is 5.32 Å². The summed E-state index contributed by atoms with van der Waals surface area (Å²) < 4.78 is 2.08. The van der Waals surface area contributed by atoms with Crippen LogP contribution in [0.3, 0.4) is 0 Å². The first-order chi connectivity index (χ1) is 13.2. The molecule has 27 heavy (non-hydrogen) atoms. The molecule has 2 heterocycles. The second kappa shape index (κ2) is 7.94. The average molecular weight is 396 g/mol. The van der Waals surface area contributed by atoms with E-state index >= 15 is 0 Å². The lowest BCUT2D eigenvalue weighted by Crippen LogP contribution is -2.23. The molecule has 0 saturated heterocycles. The third-order valence-electron chi connectivity index (χ3n) is 4.36. The highest BCUT2D eigenvalue weighted by molar-refractivity contribution is 7.15. The van der Waals surface area contributed by atoms with Crippen molar-refractivity contribution in [3.8, 4) is 11.3 Å². The largest absolute Gasteiger partial charge is 0.352 e. The van der Waals surface area contributed by atoms with Crippen LogP contribution in [0.15, 0.2) is 66.2 Å². The minimum absolute atomic E-state index is 0.0349. The minimum atomic E-state index is 0.0349. The Bertz CT molecular complexity index is 1050. The number of aryl methyl sites for hydroxylation is 1. The number of hydrogen-bond acceptors (Lipinski definition) is 3. The molecule has 0 saturated carbocycles. The molecule has 0 aliphatic rings. The summed E-state index contributed by atoms with van der Waals surface area (Å²) in [5, 5.41) is 5.73. The van der Waals surface area contributed by atoms with E-state index in [1.807, 2.05) is 48.7 Å². The van der Waals surface area contributed by atoms with E-state index in [1.165, 1.54) is 0 Å². The summed E-state index contributed by atoms with van der Waals surface area (Å²) in [6, 6.07) is 17.6. The van der Waals surface area contributed by atoms with E-state index in [2.05, 4.69) is 32.2 Å². The Kier molecular flexibility index (Phi) is 5.23. The zero-order valence-corrected chi connectivity index (χ0v) is 16.1. The van der Waals surface area contributed by atoms with E-state index < -0.39 is 0 Å². The molecule has 0 radical (unpaired) electrons. The second-order valence-electron chi connectivity index (χ2n) is 6.27. The Labute approximate surface area is 166 Å². The number of carbonyl (C=O) groups is 1. The lowest BCUT2D eigenvalue weighted by molar-refractivity contribution is -0.121. The summed E-state index contributed by atoms with van der Waals surface area (Å²) in [4.78, 5) is 17.8. The van der Waals surface area contributed by atoms with Gasteiger partial charge in [0.15, 0.2) is 4.96 Å². The summed E-state index contributed by atoms with van der Waals surface area (Å²) in [7, 11) is 0. The second-order valence-corrected chi connectivity index (χ2v) is 7.55. The molecule has 136 valence electrons. The topological polar surface area (TPSA) is 46.4 Å². The van der Waals surface area contributed by atoms with E-state index in [9.17, 15) is 4.79 Å². The molecule has 0 fully saturated rings. The van der Waals surface area contributed by atoms with Crippen LogP contribution in [0, 0.1) is 0 Å². The first-order valence-electron chi connectivity index (χ1n) is 8.71. The Morgan fingerprint density at radius 3 is 2.67 bits per heavy atom. The van der Waals surface area contributed by atoms with Gasteiger partial charge < -0.3 is 5.32 Å². The smallest absolute Gasteiger partial charge is 0.220 e. The third-order valence-corrected chi connectivity index (χ3v) is 5.50. The molecular formula is C21H18ClN3OS. The van der Waals surface area contributed by atoms with Gasteiger partial charge in [0.2, 0.25) is 5.91 Å². The number of rotatable bonds is 6. The maximum absolute atomic E-state index is 12.2. The normalized spacial score (nSPS) is 11.0. The van der Waals surface area contributed by atoms with Gasteiger partial charge in [-0.2, -0.15) is 0 Å². The molecule has 4 aromatic rings. The molecule has 4 nitrogen and oxygen atoms in total. The maximum atomic E-state index is 12.2. The standard InChI is InChI=1S/C21H18ClN3OS/c22-17-8-6-15(7-9-17)12-23-20(26)11-10-18-14-27-21-24-19(13-25(18)21)16-4-2-1-3-5-16/h1-9,13-14H,10-12H2,(H,23,26). The molecular weight excluding hydrogens is 378 g/mol. The number of aromatic nitrogens is 2. The van der Waals surface area contributed by atoms with E-state index in [1.54, 1.807) is 11.3 Å². The Hall–Kier alpha value is -2.63. The van der Waals surface area contributed by atoms with Crippen LogP contribution in [0.4, 0.5) is 0 Å². The number of carbonyl (C=O) groups excluding carboxylic acids is 1. The van der Waals surface area contributed by atoms with Gasteiger partial charge in [-0.05, 0) is 24.1 Å². The first kappa shape index (κ1) is 17.8. The molecule has 0 unspecified atom stereocenters. The number of imidazole rings is 1. The fourth-order valence-corrected chi connectivity index (χ4v) is 3.92. The first-order valence-corrected chi connectivity index (χ1v) is 9.97. The van der Waals surface area contributed by atoms with Crippen LogP contribution in [0.2, 0.25) is 5.02 Å². The Morgan fingerprint density at radius 1 is 1.11 bits per heavy atom. The van der Waals surface area contributed by atoms with Crippen molar-refractivity contribution in [1.82, 2.24) is 14.7 Å². The quantitative estimate of drug-likeness (QED) is 0.501. The van der Waals surface area contributed by atoms with Gasteiger partial charge in [0.05, 0.1) is 5.69 Å². The number of nitrogens with one attached hydrogen (secondary N) is 1. The summed E-state index contributed by atoms with van der Waals surface area (Å²) in [5.41, 5.74) is 4.19. The van der Waals surface area contributed by atoms with Gasteiger partial charge in [0.25, 0.3) is 0 Å². The van der Waals surface area contributed by atoms with Gasteiger partial charge in [-0.25, -0.2) is 4.98 Å². The van der Waals surface area contributed by atoms with Crippen LogP contribution in [0.25, 0.3) is 16.2 Å². The molecule has 0 atom stereocenters. The molecule has 4 rings (SSSR count). The van der Waals surface area contributed by atoms with Crippen molar-refractivity contribution in [1.29, 1.82) is 0 Å². The highest BCUT2D eigenvalue weighted by atomic mass is 35.5. The molecule has 0 spiro atoms. The van der Waals surface area contributed by atoms with Crippen LogP contribution in [-0.2, 0) is 17.8 Å². The zero-order valence-electron chi connectivity index (χ0n) is 14.6. The van der Waals surface area contributed by atoms with Crippen molar-refractivity contribution in [2.24, 2.45) is 0 Å². The number of halogens is 1. The number of fused-ring (bicyclic) bond motifs is 1. The van der Waals surface area contributed by atoms with Crippen molar-refractivity contribution in [2.45, 2.75) is 19.4 Å². The molecule has 1 amide bonds. The highest BCUT2D eigenvalue weighted by Gasteiger charge is 2.11. The maximum Gasteiger partial charge on any atom is 0.220 e. The number of hydrogen-bond donors (Lipinski definition) is 1. The summed E-state index contributed by atoms with van der Waals surface area (Å²) in [6.45, 7) is 0.512. The fourth-order valence-electron chi connectivity index (χ4n) is 2.89. The van der Waals surface area contributed by atoms with Gasteiger partial charge in [-0.1, -0.05) is 54.1 Å². The number of benzene rings is 2. The summed E-state index contributed by atoms with van der Waals surface area (Å²) >= 11 is 7.48. The van der Waals surface area contributed by atoms with Crippen molar-refractivity contribution >= 4 is 33.8 Å². The minimum Gasteiger partial charge on any atom is -0.352 e. The number of thiazole rings is 1. The van der Waals surface area contributed by atoms with Crippen LogP contribution in [0.1, 0.15) is 17.7 Å². The third kappa shape index (κ3) is 4.21. The average Bonchev–Trinajstić information content (AvgIpc) is 3.28. The van der Waals surface area contributed by atoms with Gasteiger partial charge in [0, 0.05) is 40.8 Å². The predicted octanol–water partition coefficient (Wildman–Crippen LogP) is 4.97. The molecule has 0 aliphatic heterocycles. The van der Waals surface area contributed by atoms with Gasteiger partial charge in [-0.3, -0.25) is 9.20 Å². The number of amides is 1. The molecule has 0 aliphatic carbocycles. The van der Waals surface area contributed by atoms with Crippen molar-refractivity contribution in [3.63, 3.8) is 0 Å². The van der Waals surface area contributed by atoms with Crippen LogP contribution >= 0.6 is 22.9 Å². The van der Waals surface area contributed by atoms with E-state index in [0.717, 1.165) is 27.5 Å². The fraction of sp³-hybridized carbons (Fsp3) is 0.143. The van der Waals surface area contributed by atoms with E-state index in [4.69, 9.17) is 11.6 Å². The summed E-state index contributed by atoms with van der Waals surface area (Å²) in [6.07, 6.45) is 3.16. The SMILES string of the molecule is O=C(CCc1csc2nc(-c3ccccc3)cn12)NCc1ccc(Cl)cc1. The Balaban J connectivity index is 1.38. The van der Waals surface area contributed by atoms with Crippen LogP contribution in [-0.4, -0.2) is 15.3 Å². The molecule has 6 heteroatoms. The zero-order chi connectivity index (χ0) is 18.6. The lowest BCUT2D eigenvalue weighted by atomic mass is 10.2. The number of nitrogens with zero attached hydrogens (tertiary/aromatic N) is 2. The highest BCUT2D eigenvalue weighted by Crippen LogP contribution is 2.24. The Morgan fingerprint density at radius 2 is 1.89 bits per heavy atom. The molecule has 0 bridgehead atoms. The molecule has 2 aromatic heterocycles. The van der Waals surface area contributed by atoms with Crippen molar-refractivity contribution in [3.05, 3.63) is 82.5 Å². The van der Waals surface area contributed by atoms with Gasteiger partial charge >= 0.3 is 0 Å². The van der Waals surface area contributed by atoms with Gasteiger partial charge in [0.1, 0.15) is 0 Å². The molecule has 2 aromatic carbocycles. The van der Waals surface area contributed by atoms with Gasteiger partial charge in [-0.15, -0.1) is 11.3 Å². The summed E-state index contributed by atoms with van der Waals surface area (Å²) in [5.74, 6) is 0.0349. The van der Waals surface area contributed by atoms with Crippen molar-refractivity contribution < 1.29 is 4.79 Å². The van der Waals surface area contributed by atoms with Crippen molar-refractivity contribution in [2.75, 3.05) is 0 Å². The molecule has 1 N–H and O–H groups in total. The predicted molar refractivity (Wildman–Crippen MR) is 110 cm³/mol. The lowest BCUT2D eigenvalue weighted by Gasteiger charge is -2.05. The van der Waals surface area contributed by atoms with E-state index in [0.29, 0.717) is 24.4 Å².